The molecule has 1 aromatic carbocycles. The van der Waals surface area contributed by atoms with E-state index in [1.54, 1.807) is 39.1 Å². The number of carbonyl (C=O) groups excluding carboxylic acids is 1. The fraction of sp³-hybridized carbons (Fsp3) is 0.345. The van der Waals surface area contributed by atoms with Crippen LogP contribution < -0.4 is 10.3 Å². The molecule has 1 aliphatic carbocycles. The zero-order valence-corrected chi connectivity index (χ0v) is 24.4. The predicted octanol–water partition coefficient (Wildman–Crippen LogP) is 3.62. The highest BCUT2D eigenvalue weighted by atomic mass is 32.2. The number of nitrogens with zero attached hydrogens (tertiary/aromatic N) is 2. The zero-order valence-electron chi connectivity index (χ0n) is 21.9. The SMILES string of the molecule is Cc1ccc(S(=O)(=O)N2CC[NH+](CC(=O)N3NC4=C(CCC/C4=C\c4cccs4)[C@@H]3c3cccs3)CC2)cc1. The van der Waals surface area contributed by atoms with Crippen LogP contribution in [0.5, 0.6) is 0 Å². The first-order valence-corrected chi connectivity index (χ1v) is 16.6. The number of rotatable bonds is 6. The Hall–Kier alpha value is -2.76. The van der Waals surface area contributed by atoms with E-state index < -0.39 is 10.0 Å². The Balaban J connectivity index is 1.16. The minimum Gasteiger partial charge on any atom is -0.325 e. The van der Waals surface area contributed by atoms with Gasteiger partial charge in [0.1, 0.15) is 6.04 Å². The van der Waals surface area contributed by atoms with Gasteiger partial charge in [-0.2, -0.15) is 4.31 Å². The number of aryl methyl sites for hydroxylation is 1. The third-order valence-corrected chi connectivity index (χ3v) is 11.4. The Morgan fingerprint density at radius 3 is 2.49 bits per heavy atom. The summed E-state index contributed by atoms with van der Waals surface area (Å²) in [4.78, 5) is 17.6. The molecule has 0 spiro atoms. The molecule has 7 nitrogen and oxygen atoms in total. The van der Waals surface area contributed by atoms with E-state index in [2.05, 4.69) is 40.5 Å². The van der Waals surface area contributed by atoms with Gasteiger partial charge in [-0.25, -0.2) is 13.4 Å². The van der Waals surface area contributed by atoms with Crippen LogP contribution in [-0.4, -0.2) is 56.4 Å². The molecule has 2 aliphatic heterocycles. The molecule has 1 fully saturated rings. The fourth-order valence-corrected chi connectivity index (χ4v) is 8.67. The highest BCUT2D eigenvalue weighted by molar-refractivity contribution is 7.89. The number of sulfonamides is 1. The summed E-state index contributed by atoms with van der Waals surface area (Å²) in [5, 5.41) is 6.00. The van der Waals surface area contributed by atoms with Crippen LogP contribution in [0, 0.1) is 6.92 Å². The van der Waals surface area contributed by atoms with Gasteiger partial charge in [0, 0.05) is 9.75 Å². The summed E-state index contributed by atoms with van der Waals surface area (Å²) in [6.07, 6.45) is 5.29. The number of piperazine rings is 1. The number of thiophene rings is 2. The standard InChI is InChI=1S/C29H32N4O3S3/c1-21-9-11-24(12-10-21)39(35,36)32-15-13-31(14-16-32)20-27(34)33-29(26-8-4-18-38-26)25-7-2-5-22(28(25)30-33)19-23-6-3-17-37-23/h3-4,6,8-12,17-19,29-30H,2,5,7,13-16,20H2,1H3/p+1/b22-19+/t29-/m1/s1. The molecule has 39 heavy (non-hydrogen) atoms. The lowest BCUT2D eigenvalue weighted by atomic mass is 9.88. The van der Waals surface area contributed by atoms with Crippen molar-refractivity contribution in [3.8, 4) is 0 Å². The minimum absolute atomic E-state index is 0.0446. The van der Waals surface area contributed by atoms with Crippen molar-refractivity contribution in [1.29, 1.82) is 0 Å². The van der Waals surface area contributed by atoms with Crippen LogP contribution in [-0.2, 0) is 14.8 Å². The van der Waals surface area contributed by atoms with Gasteiger partial charge in [-0.1, -0.05) is 29.8 Å². The Bertz CT molecular complexity index is 1490. The molecule has 0 radical (unpaired) electrons. The van der Waals surface area contributed by atoms with Crippen LogP contribution in [0.15, 0.2) is 81.0 Å². The Kier molecular flexibility index (Phi) is 7.47. The van der Waals surface area contributed by atoms with Crippen molar-refractivity contribution >= 4 is 44.7 Å². The molecule has 0 bridgehead atoms. The summed E-state index contributed by atoms with van der Waals surface area (Å²) in [6, 6.07) is 15.3. The number of hydrogen-bond acceptors (Lipinski definition) is 6. The summed E-state index contributed by atoms with van der Waals surface area (Å²) >= 11 is 3.41. The average molecular weight is 582 g/mol. The lowest BCUT2D eigenvalue weighted by Crippen LogP contribution is -3.15. The van der Waals surface area contributed by atoms with Gasteiger partial charge in [-0.15, -0.1) is 22.7 Å². The first-order valence-electron chi connectivity index (χ1n) is 13.4. The molecule has 204 valence electrons. The van der Waals surface area contributed by atoms with Crippen LogP contribution in [0.4, 0.5) is 0 Å². The van der Waals surface area contributed by atoms with Gasteiger partial charge in [0.15, 0.2) is 6.54 Å². The van der Waals surface area contributed by atoms with Crippen LogP contribution in [0.3, 0.4) is 0 Å². The van der Waals surface area contributed by atoms with Crippen molar-refractivity contribution in [3.05, 3.63) is 91.5 Å². The predicted molar refractivity (Wildman–Crippen MR) is 156 cm³/mol. The number of hydrazine groups is 1. The van der Waals surface area contributed by atoms with Crippen LogP contribution in [0.2, 0.25) is 0 Å². The molecule has 1 atom stereocenters. The number of quaternary nitrogens is 1. The largest absolute Gasteiger partial charge is 0.325 e. The quantitative estimate of drug-likeness (QED) is 0.467. The molecule has 10 heteroatoms. The van der Waals surface area contributed by atoms with Crippen LogP contribution in [0.1, 0.15) is 40.6 Å². The number of carbonyl (C=O) groups is 1. The van der Waals surface area contributed by atoms with Crippen LogP contribution in [0.25, 0.3) is 6.08 Å². The number of amides is 1. The van der Waals surface area contributed by atoms with E-state index in [0.29, 0.717) is 37.6 Å². The maximum atomic E-state index is 13.8. The molecule has 4 heterocycles. The van der Waals surface area contributed by atoms with Crippen molar-refractivity contribution in [3.63, 3.8) is 0 Å². The minimum atomic E-state index is -3.53. The number of benzene rings is 1. The second-order valence-electron chi connectivity index (χ2n) is 10.4. The molecule has 0 unspecified atom stereocenters. The first-order chi connectivity index (χ1) is 18.9. The maximum Gasteiger partial charge on any atom is 0.296 e. The van der Waals surface area contributed by atoms with Gasteiger partial charge in [0.25, 0.3) is 5.91 Å². The molecule has 0 saturated carbocycles. The second kappa shape index (κ2) is 11.0. The summed E-state index contributed by atoms with van der Waals surface area (Å²) in [7, 11) is -3.53. The fourth-order valence-electron chi connectivity index (χ4n) is 5.70. The lowest BCUT2D eigenvalue weighted by Gasteiger charge is -2.33. The van der Waals surface area contributed by atoms with E-state index in [1.807, 2.05) is 30.1 Å². The number of nitrogens with one attached hydrogen (secondary N) is 2. The molecular weight excluding hydrogens is 549 g/mol. The lowest BCUT2D eigenvalue weighted by molar-refractivity contribution is -0.896. The van der Waals surface area contributed by atoms with Gasteiger partial charge in [0.05, 0.1) is 36.8 Å². The summed E-state index contributed by atoms with van der Waals surface area (Å²) in [5.41, 5.74) is 8.22. The van der Waals surface area contributed by atoms with Crippen molar-refractivity contribution in [2.24, 2.45) is 0 Å². The van der Waals surface area contributed by atoms with E-state index in [1.165, 1.54) is 20.9 Å². The van der Waals surface area contributed by atoms with Gasteiger partial charge in [-0.05, 0) is 78.4 Å². The third-order valence-electron chi connectivity index (χ3n) is 7.79. The molecule has 3 aromatic rings. The van der Waals surface area contributed by atoms with Gasteiger partial charge in [-0.3, -0.25) is 10.2 Å². The number of hydrogen-bond donors (Lipinski definition) is 2. The summed E-state index contributed by atoms with van der Waals surface area (Å²) in [6.45, 7) is 4.29. The van der Waals surface area contributed by atoms with E-state index >= 15 is 0 Å². The van der Waals surface area contributed by atoms with Crippen molar-refractivity contribution in [1.82, 2.24) is 14.7 Å². The van der Waals surface area contributed by atoms with Gasteiger partial charge < -0.3 is 4.90 Å². The highest BCUT2D eigenvalue weighted by Crippen LogP contribution is 2.45. The molecule has 6 rings (SSSR count). The first kappa shape index (κ1) is 26.5. The monoisotopic (exact) mass is 581 g/mol. The maximum absolute atomic E-state index is 13.8. The summed E-state index contributed by atoms with van der Waals surface area (Å²) < 4.78 is 27.8. The van der Waals surface area contributed by atoms with E-state index in [9.17, 15) is 13.2 Å². The molecule has 1 saturated heterocycles. The van der Waals surface area contributed by atoms with Crippen molar-refractivity contribution < 1.29 is 18.1 Å². The molecule has 2 N–H and O–H groups in total. The van der Waals surface area contributed by atoms with Gasteiger partial charge >= 0.3 is 0 Å². The van der Waals surface area contributed by atoms with Crippen molar-refractivity contribution in [2.75, 3.05) is 32.7 Å². The molecule has 1 amide bonds. The van der Waals surface area contributed by atoms with Gasteiger partial charge in [0.2, 0.25) is 10.0 Å². The molecule has 2 aromatic heterocycles. The topological polar surface area (TPSA) is 74.2 Å². The molecule has 3 aliphatic rings. The average Bonchev–Trinajstić information content (AvgIpc) is 3.71. The summed E-state index contributed by atoms with van der Waals surface area (Å²) in [5.74, 6) is 0.0446. The Morgan fingerprint density at radius 2 is 1.79 bits per heavy atom. The van der Waals surface area contributed by atoms with Crippen LogP contribution >= 0.6 is 22.7 Å². The third kappa shape index (κ3) is 5.36. The smallest absolute Gasteiger partial charge is 0.296 e. The second-order valence-corrected chi connectivity index (χ2v) is 14.3. The highest BCUT2D eigenvalue weighted by Gasteiger charge is 2.41. The number of allylic oxidation sites excluding steroid dienone is 1. The van der Waals surface area contributed by atoms with E-state index in [-0.39, 0.29) is 11.9 Å². The Labute approximate surface area is 238 Å². The van der Waals surface area contributed by atoms with Crippen molar-refractivity contribution in [2.45, 2.75) is 37.1 Å². The normalized spacial score (nSPS) is 21.8. The van der Waals surface area contributed by atoms with E-state index in [0.717, 1.165) is 35.4 Å². The zero-order chi connectivity index (χ0) is 27.0. The molecular formula is C29H33N4O3S3+. The Morgan fingerprint density at radius 1 is 1.05 bits per heavy atom. The van der Waals surface area contributed by atoms with E-state index in [4.69, 9.17) is 0 Å².